The number of hydrogen-bond acceptors (Lipinski definition) is 2. The van der Waals surface area contributed by atoms with Crippen LogP contribution in [-0.4, -0.2) is 34.8 Å². The molecule has 4 nitrogen and oxygen atoms in total. The van der Waals surface area contributed by atoms with Crippen molar-refractivity contribution in [1.82, 2.24) is 10.2 Å². The molecular weight excluding hydrogens is 192 g/mol. The molecule has 1 saturated carbocycles. The van der Waals surface area contributed by atoms with E-state index >= 15 is 0 Å². The van der Waals surface area contributed by atoms with Gasteiger partial charge >= 0.3 is 0 Å². The Bertz CT molecular complexity index is 310. The van der Waals surface area contributed by atoms with Crippen LogP contribution in [0.1, 0.15) is 33.6 Å². The van der Waals surface area contributed by atoms with E-state index in [1.807, 2.05) is 20.8 Å². The van der Waals surface area contributed by atoms with Crippen LogP contribution in [0.25, 0.3) is 0 Å². The van der Waals surface area contributed by atoms with E-state index in [4.69, 9.17) is 0 Å². The Hall–Kier alpha value is -1.06. The van der Waals surface area contributed by atoms with E-state index in [2.05, 4.69) is 5.32 Å². The van der Waals surface area contributed by atoms with Crippen LogP contribution in [0, 0.1) is 5.92 Å². The summed E-state index contributed by atoms with van der Waals surface area (Å²) < 4.78 is 0. The molecule has 0 aromatic carbocycles. The SMILES string of the molecule is CC(C)N1C(=O)CNC(=O)C1(C)C1CC1. The quantitative estimate of drug-likeness (QED) is 0.722. The summed E-state index contributed by atoms with van der Waals surface area (Å²) in [5.41, 5.74) is -0.608. The maximum Gasteiger partial charge on any atom is 0.246 e. The van der Waals surface area contributed by atoms with Crippen LogP contribution in [0.4, 0.5) is 0 Å². The van der Waals surface area contributed by atoms with Crippen molar-refractivity contribution >= 4 is 11.8 Å². The molecule has 1 heterocycles. The normalized spacial score (nSPS) is 32.1. The van der Waals surface area contributed by atoms with Gasteiger partial charge in [0.05, 0.1) is 6.54 Å². The van der Waals surface area contributed by atoms with E-state index in [0.29, 0.717) is 5.92 Å². The highest BCUT2D eigenvalue weighted by Gasteiger charge is 2.55. The minimum atomic E-state index is -0.608. The Morgan fingerprint density at radius 2 is 2.00 bits per heavy atom. The highest BCUT2D eigenvalue weighted by atomic mass is 16.2. The molecule has 2 fully saturated rings. The van der Waals surface area contributed by atoms with Crippen molar-refractivity contribution < 1.29 is 9.59 Å². The predicted molar refractivity (Wildman–Crippen MR) is 56.1 cm³/mol. The Balaban J connectivity index is 2.35. The molecule has 0 radical (unpaired) electrons. The zero-order valence-corrected chi connectivity index (χ0v) is 9.54. The third-order valence-corrected chi connectivity index (χ3v) is 3.52. The van der Waals surface area contributed by atoms with Gasteiger partial charge < -0.3 is 10.2 Å². The molecule has 2 amide bonds. The number of hydrogen-bond donors (Lipinski definition) is 1. The molecule has 0 spiro atoms. The first-order valence-electron chi connectivity index (χ1n) is 5.58. The van der Waals surface area contributed by atoms with Crippen molar-refractivity contribution in [3.8, 4) is 0 Å². The monoisotopic (exact) mass is 210 g/mol. The molecule has 2 rings (SSSR count). The molecule has 0 bridgehead atoms. The number of nitrogens with one attached hydrogen (secondary N) is 1. The Morgan fingerprint density at radius 3 is 2.47 bits per heavy atom. The average Bonchev–Trinajstić information content (AvgIpc) is 2.94. The summed E-state index contributed by atoms with van der Waals surface area (Å²) in [5, 5.41) is 2.70. The Kier molecular flexibility index (Phi) is 2.24. The molecule has 1 saturated heterocycles. The standard InChI is InChI=1S/C11H18N2O2/c1-7(2)13-9(14)6-12-10(15)11(13,3)8-4-5-8/h7-8H,4-6H2,1-3H3,(H,12,15). The Labute approximate surface area is 90.0 Å². The topological polar surface area (TPSA) is 49.4 Å². The largest absolute Gasteiger partial charge is 0.345 e. The van der Waals surface area contributed by atoms with Crippen molar-refractivity contribution in [2.24, 2.45) is 5.92 Å². The summed E-state index contributed by atoms with van der Waals surface area (Å²) in [4.78, 5) is 25.6. The number of rotatable bonds is 2. The van der Waals surface area contributed by atoms with Crippen LogP contribution < -0.4 is 5.32 Å². The van der Waals surface area contributed by atoms with Gasteiger partial charge in [0.15, 0.2) is 0 Å². The lowest BCUT2D eigenvalue weighted by molar-refractivity contribution is -0.156. The average molecular weight is 210 g/mol. The number of amides is 2. The van der Waals surface area contributed by atoms with Crippen LogP contribution in [0.5, 0.6) is 0 Å². The number of carbonyl (C=O) groups excluding carboxylic acids is 2. The van der Waals surface area contributed by atoms with Gasteiger partial charge in [-0.25, -0.2) is 0 Å². The second-order valence-corrected chi connectivity index (χ2v) is 4.96. The van der Waals surface area contributed by atoms with Crippen LogP contribution in [-0.2, 0) is 9.59 Å². The molecule has 0 aromatic rings. The fraction of sp³-hybridized carbons (Fsp3) is 0.818. The zero-order valence-electron chi connectivity index (χ0n) is 9.54. The summed E-state index contributed by atoms with van der Waals surface area (Å²) in [5.74, 6) is 0.404. The van der Waals surface area contributed by atoms with Gasteiger partial charge in [0.25, 0.3) is 0 Å². The second-order valence-electron chi connectivity index (χ2n) is 4.96. The molecule has 1 atom stereocenters. The molecule has 1 unspecified atom stereocenters. The lowest BCUT2D eigenvalue weighted by atomic mass is 9.88. The lowest BCUT2D eigenvalue weighted by Gasteiger charge is -2.46. The fourth-order valence-electron chi connectivity index (χ4n) is 2.64. The highest BCUT2D eigenvalue weighted by Crippen LogP contribution is 2.44. The number of piperazine rings is 1. The molecule has 1 aliphatic carbocycles. The molecule has 1 aliphatic heterocycles. The highest BCUT2D eigenvalue weighted by molar-refractivity contribution is 5.98. The molecule has 2 aliphatic rings. The van der Waals surface area contributed by atoms with E-state index in [0.717, 1.165) is 12.8 Å². The molecule has 15 heavy (non-hydrogen) atoms. The van der Waals surface area contributed by atoms with E-state index < -0.39 is 5.54 Å². The van der Waals surface area contributed by atoms with Crippen LogP contribution in [0.15, 0.2) is 0 Å². The van der Waals surface area contributed by atoms with E-state index in [1.165, 1.54) is 0 Å². The summed E-state index contributed by atoms with van der Waals surface area (Å²) in [6, 6.07) is 0.0918. The smallest absolute Gasteiger partial charge is 0.246 e. The maximum atomic E-state index is 12.0. The summed E-state index contributed by atoms with van der Waals surface area (Å²) in [6.07, 6.45) is 2.11. The first kappa shape index (κ1) is 10.5. The van der Waals surface area contributed by atoms with Gasteiger partial charge in [-0.3, -0.25) is 9.59 Å². The minimum absolute atomic E-state index is 0.0123. The van der Waals surface area contributed by atoms with Gasteiger partial charge in [-0.2, -0.15) is 0 Å². The van der Waals surface area contributed by atoms with Gasteiger partial charge in [0, 0.05) is 6.04 Å². The van der Waals surface area contributed by atoms with Crippen molar-refractivity contribution in [2.45, 2.75) is 45.2 Å². The summed E-state index contributed by atoms with van der Waals surface area (Å²) in [6.45, 7) is 5.99. The van der Waals surface area contributed by atoms with Crippen LogP contribution >= 0.6 is 0 Å². The van der Waals surface area contributed by atoms with Crippen LogP contribution in [0.3, 0.4) is 0 Å². The Morgan fingerprint density at radius 1 is 1.40 bits per heavy atom. The van der Waals surface area contributed by atoms with Crippen molar-refractivity contribution in [3.63, 3.8) is 0 Å². The van der Waals surface area contributed by atoms with E-state index in [9.17, 15) is 9.59 Å². The number of carbonyl (C=O) groups is 2. The van der Waals surface area contributed by atoms with Gasteiger partial charge in [-0.05, 0) is 39.5 Å². The molecule has 0 aromatic heterocycles. The van der Waals surface area contributed by atoms with Crippen molar-refractivity contribution in [1.29, 1.82) is 0 Å². The van der Waals surface area contributed by atoms with Crippen molar-refractivity contribution in [3.05, 3.63) is 0 Å². The van der Waals surface area contributed by atoms with Crippen LogP contribution in [0.2, 0.25) is 0 Å². The van der Waals surface area contributed by atoms with Crippen molar-refractivity contribution in [2.75, 3.05) is 6.54 Å². The molecular formula is C11H18N2O2. The van der Waals surface area contributed by atoms with E-state index in [1.54, 1.807) is 4.90 Å². The summed E-state index contributed by atoms with van der Waals surface area (Å²) in [7, 11) is 0. The molecule has 84 valence electrons. The van der Waals surface area contributed by atoms with Gasteiger partial charge in [-0.15, -0.1) is 0 Å². The van der Waals surface area contributed by atoms with Gasteiger partial charge in [0.2, 0.25) is 11.8 Å². The molecule has 1 N–H and O–H groups in total. The zero-order chi connectivity index (χ0) is 11.2. The fourth-order valence-corrected chi connectivity index (χ4v) is 2.64. The van der Waals surface area contributed by atoms with E-state index in [-0.39, 0.29) is 24.4 Å². The second kappa shape index (κ2) is 3.22. The first-order valence-corrected chi connectivity index (χ1v) is 5.58. The maximum absolute atomic E-state index is 12.0. The minimum Gasteiger partial charge on any atom is -0.345 e. The summed E-state index contributed by atoms with van der Waals surface area (Å²) >= 11 is 0. The predicted octanol–water partition coefficient (Wildman–Crippen LogP) is 0.522. The third-order valence-electron chi connectivity index (χ3n) is 3.52. The first-order chi connectivity index (χ1) is 6.98. The van der Waals surface area contributed by atoms with Gasteiger partial charge in [0.1, 0.15) is 5.54 Å². The molecule has 4 heteroatoms. The lowest BCUT2D eigenvalue weighted by Crippen LogP contribution is -2.68. The van der Waals surface area contributed by atoms with Gasteiger partial charge in [-0.1, -0.05) is 0 Å². The third kappa shape index (κ3) is 1.43. The number of nitrogens with zero attached hydrogens (tertiary/aromatic N) is 1.